The lowest BCUT2D eigenvalue weighted by molar-refractivity contribution is 0.468. The minimum atomic E-state index is 0.528. The standard InChI is InChI=1S/C14H22N2/c1-2-16(13-6-4-3-5-7-13)12-14(8-9-14)10-11-15/h3-7H,2,8-12,15H2,1H3. The molecule has 1 saturated carbocycles. The zero-order valence-electron chi connectivity index (χ0n) is 10.2. The number of hydrogen-bond donors (Lipinski definition) is 1. The van der Waals surface area contributed by atoms with Gasteiger partial charge < -0.3 is 10.6 Å². The average molecular weight is 218 g/mol. The molecular formula is C14H22N2. The van der Waals surface area contributed by atoms with Gasteiger partial charge in [-0.15, -0.1) is 0 Å². The van der Waals surface area contributed by atoms with E-state index in [0.717, 1.165) is 13.1 Å². The second kappa shape index (κ2) is 4.88. The van der Waals surface area contributed by atoms with Crippen molar-refractivity contribution in [3.8, 4) is 0 Å². The quantitative estimate of drug-likeness (QED) is 0.795. The molecule has 2 N–H and O–H groups in total. The highest BCUT2D eigenvalue weighted by Gasteiger charge is 2.42. The number of benzene rings is 1. The number of anilines is 1. The number of para-hydroxylation sites is 1. The van der Waals surface area contributed by atoms with Crippen LogP contribution in [0.15, 0.2) is 30.3 Å². The predicted molar refractivity (Wildman–Crippen MR) is 69.7 cm³/mol. The van der Waals surface area contributed by atoms with Crippen molar-refractivity contribution < 1.29 is 0 Å². The molecule has 0 aromatic heterocycles. The van der Waals surface area contributed by atoms with Gasteiger partial charge in [-0.3, -0.25) is 0 Å². The molecule has 2 heteroatoms. The molecular weight excluding hydrogens is 196 g/mol. The number of nitrogens with zero attached hydrogens (tertiary/aromatic N) is 1. The van der Waals surface area contributed by atoms with Crippen molar-refractivity contribution in [2.75, 3.05) is 24.5 Å². The Hall–Kier alpha value is -1.02. The van der Waals surface area contributed by atoms with Crippen LogP contribution in [0.2, 0.25) is 0 Å². The summed E-state index contributed by atoms with van der Waals surface area (Å²) in [4.78, 5) is 2.47. The lowest BCUT2D eigenvalue weighted by atomic mass is 10.0. The first-order valence-corrected chi connectivity index (χ1v) is 6.30. The molecule has 0 radical (unpaired) electrons. The zero-order chi connectivity index (χ0) is 11.4. The van der Waals surface area contributed by atoms with Crippen LogP contribution in [-0.4, -0.2) is 19.6 Å². The van der Waals surface area contributed by atoms with Gasteiger partial charge in [0.2, 0.25) is 0 Å². The maximum absolute atomic E-state index is 5.69. The van der Waals surface area contributed by atoms with Crippen molar-refractivity contribution in [1.82, 2.24) is 0 Å². The fourth-order valence-corrected chi connectivity index (χ4v) is 2.40. The summed E-state index contributed by atoms with van der Waals surface area (Å²) in [5, 5.41) is 0. The van der Waals surface area contributed by atoms with Crippen LogP contribution in [0, 0.1) is 5.41 Å². The SMILES string of the molecule is CCN(CC1(CCN)CC1)c1ccccc1. The Kier molecular flexibility index (Phi) is 3.49. The molecule has 1 aromatic carbocycles. The second-order valence-corrected chi connectivity index (χ2v) is 4.89. The van der Waals surface area contributed by atoms with E-state index in [-0.39, 0.29) is 0 Å². The van der Waals surface area contributed by atoms with Gasteiger partial charge in [-0.05, 0) is 50.3 Å². The normalized spacial score (nSPS) is 17.1. The first-order valence-electron chi connectivity index (χ1n) is 6.30. The van der Waals surface area contributed by atoms with E-state index in [1.165, 1.54) is 31.5 Å². The number of hydrogen-bond acceptors (Lipinski definition) is 2. The van der Waals surface area contributed by atoms with E-state index in [0.29, 0.717) is 5.41 Å². The molecule has 2 nitrogen and oxygen atoms in total. The van der Waals surface area contributed by atoms with Crippen LogP contribution in [-0.2, 0) is 0 Å². The van der Waals surface area contributed by atoms with Crippen LogP contribution >= 0.6 is 0 Å². The Morgan fingerprint density at radius 1 is 1.25 bits per heavy atom. The van der Waals surface area contributed by atoms with E-state index in [1.54, 1.807) is 0 Å². The van der Waals surface area contributed by atoms with Gasteiger partial charge in [-0.2, -0.15) is 0 Å². The van der Waals surface area contributed by atoms with Crippen LogP contribution in [0.5, 0.6) is 0 Å². The van der Waals surface area contributed by atoms with Gasteiger partial charge >= 0.3 is 0 Å². The lowest BCUT2D eigenvalue weighted by Crippen LogP contribution is -2.31. The lowest BCUT2D eigenvalue weighted by Gasteiger charge is -2.28. The largest absolute Gasteiger partial charge is 0.371 e. The summed E-state index contributed by atoms with van der Waals surface area (Å²) in [5.74, 6) is 0. The summed E-state index contributed by atoms with van der Waals surface area (Å²) in [7, 11) is 0. The van der Waals surface area contributed by atoms with Gasteiger partial charge in [0.25, 0.3) is 0 Å². The number of nitrogens with two attached hydrogens (primary N) is 1. The minimum Gasteiger partial charge on any atom is -0.371 e. The van der Waals surface area contributed by atoms with Crippen molar-refractivity contribution in [1.29, 1.82) is 0 Å². The molecule has 0 amide bonds. The molecule has 0 aliphatic heterocycles. The summed E-state index contributed by atoms with van der Waals surface area (Å²) in [5.41, 5.74) is 7.56. The molecule has 0 spiro atoms. The fraction of sp³-hybridized carbons (Fsp3) is 0.571. The van der Waals surface area contributed by atoms with Crippen LogP contribution < -0.4 is 10.6 Å². The van der Waals surface area contributed by atoms with E-state index in [1.807, 2.05) is 0 Å². The maximum Gasteiger partial charge on any atom is 0.0366 e. The molecule has 1 aromatic rings. The summed E-state index contributed by atoms with van der Waals surface area (Å²) in [6, 6.07) is 10.7. The van der Waals surface area contributed by atoms with E-state index in [9.17, 15) is 0 Å². The van der Waals surface area contributed by atoms with Crippen LogP contribution in [0.3, 0.4) is 0 Å². The van der Waals surface area contributed by atoms with Crippen molar-refractivity contribution in [3.05, 3.63) is 30.3 Å². The van der Waals surface area contributed by atoms with E-state index in [2.05, 4.69) is 42.2 Å². The molecule has 1 aliphatic rings. The Morgan fingerprint density at radius 3 is 2.44 bits per heavy atom. The molecule has 1 fully saturated rings. The average Bonchev–Trinajstić information content (AvgIpc) is 3.08. The highest BCUT2D eigenvalue weighted by atomic mass is 15.1. The predicted octanol–water partition coefficient (Wildman–Crippen LogP) is 2.64. The first-order chi connectivity index (χ1) is 7.79. The summed E-state index contributed by atoms with van der Waals surface area (Å²) in [6.07, 6.45) is 3.89. The molecule has 0 heterocycles. The highest BCUT2D eigenvalue weighted by molar-refractivity contribution is 5.46. The van der Waals surface area contributed by atoms with Crippen molar-refractivity contribution in [2.24, 2.45) is 11.1 Å². The minimum absolute atomic E-state index is 0.528. The molecule has 88 valence electrons. The first kappa shape index (κ1) is 11.5. The van der Waals surface area contributed by atoms with Crippen molar-refractivity contribution in [2.45, 2.75) is 26.2 Å². The fourth-order valence-electron chi connectivity index (χ4n) is 2.40. The highest BCUT2D eigenvalue weighted by Crippen LogP contribution is 2.49. The third-order valence-electron chi connectivity index (χ3n) is 3.66. The van der Waals surface area contributed by atoms with Gasteiger partial charge in [0.15, 0.2) is 0 Å². The Bertz CT molecular complexity index is 317. The third-order valence-corrected chi connectivity index (χ3v) is 3.66. The van der Waals surface area contributed by atoms with Gasteiger partial charge in [0.05, 0.1) is 0 Å². The Labute approximate surface area is 98.4 Å². The Morgan fingerprint density at radius 2 is 1.94 bits per heavy atom. The van der Waals surface area contributed by atoms with E-state index < -0.39 is 0 Å². The summed E-state index contributed by atoms with van der Waals surface area (Å²) < 4.78 is 0. The number of rotatable bonds is 6. The van der Waals surface area contributed by atoms with Gasteiger partial charge in [0, 0.05) is 18.8 Å². The van der Waals surface area contributed by atoms with Crippen LogP contribution in [0.1, 0.15) is 26.2 Å². The maximum atomic E-state index is 5.69. The second-order valence-electron chi connectivity index (χ2n) is 4.89. The van der Waals surface area contributed by atoms with Crippen LogP contribution in [0.4, 0.5) is 5.69 Å². The molecule has 2 rings (SSSR count). The van der Waals surface area contributed by atoms with Crippen molar-refractivity contribution >= 4 is 5.69 Å². The molecule has 1 aliphatic carbocycles. The molecule has 0 atom stereocenters. The monoisotopic (exact) mass is 218 g/mol. The van der Waals surface area contributed by atoms with E-state index >= 15 is 0 Å². The Balaban J connectivity index is 2.01. The topological polar surface area (TPSA) is 29.3 Å². The smallest absolute Gasteiger partial charge is 0.0366 e. The third kappa shape index (κ3) is 2.56. The van der Waals surface area contributed by atoms with Crippen molar-refractivity contribution in [3.63, 3.8) is 0 Å². The van der Waals surface area contributed by atoms with Gasteiger partial charge in [-0.1, -0.05) is 18.2 Å². The van der Waals surface area contributed by atoms with E-state index in [4.69, 9.17) is 5.73 Å². The summed E-state index contributed by atoms with van der Waals surface area (Å²) >= 11 is 0. The summed E-state index contributed by atoms with van der Waals surface area (Å²) in [6.45, 7) is 5.30. The van der Waals surface area contributed by atoms with Crippen LogP contribution in [0.25, 0.3) is 0 Å². The zero-order valence-corrected chi connectivity index (χ0v) is 10.2. The molecule has 0 saturated heterocycles. The van der Waals surface area contributed by atoms with Gasteiger partial charge in [-0.25, -0.2) is 0 Å². The molecule has 0 bridgehead atoms. The molecule has 16 heavy (non-hydrogen) atoms. The van der Waals surface area contributed by atoms with Gasteiger partial charge in [0.1, 0.15) is 0 Å². The molecule has 0 unspecified atom stereocenters.